The molecule has 0 unspecified atom stereocenters. The van der Waals surface area contributed by atoms with Gasteiger partial charge < -0.3 is 9.47 Å². The summed E-state index contributed by atoms with van der Waals surface area (Å²) in [6, 6.07) is 4.83. The fourth-order valence-corrected chi connectivity index (χ4v) is 3.66. The third kappa shape index (κ3) is 3.65. The second kappa shape index (κ2) is 7.52. The van der Waals surface area contributed by atoms with Gasteiger partial charge in [-0.15, -0.1) is 0 Å². The van der Waals surface area contributed by atoms with E-state index in [0.717, 1.165) is 0 Å². The molecule has 0 heterocycles. The van der Waals surface area contributed by atoms with Crippen molar-refractivity contribution in [2.75, 3.05) is 0 Å². The van der Waals surface area contributed by atoms with Crippen molar-refractivity contribution < 1.29 is 23.9 Å². The zero-order valence-corrected chi connectivity index (χ0v) is 17.9. The normalized spacial score (nSPS) is 14.6. The first kappa shape index (κ1) is 21.4. The number of ketones is 1. The van der Waals surface area contributed by atoms with Gasteiger partial charge in [-0.1, -0.05) is 19.9 Å². The highest BCUT2D eigenvalue weighted by molar-refractivity contribution is 6.05. The van der Waals surface area contributed by atoms with Crippen LogP contribution in [0, 0.1) is 0 Å². The highest BCUT2D eigenvalue weighted by Gasteiger charge is 2.33. The molecule has 1 aliphatic rings. The van der Waals surface area contributed by atoms with E-state index in [1.807, 2.05) is 13.8 Å². The highest BCUT2D eigenvalue weighted by Crippen LogP contribution is 2.43. The van der Waals surface area contributed by atoms with Crippen molar-refractivity contribution in [3.05, 3.63) is 51.2 Å². The van der Waals surface area contributed by atoms with Crippen molar-refractivity contribution >= 4 is 34.6 Å². The Hall–Kier alpha value is -3.28. The van der Waals surface area contributed by atoms with Gasteiger partial charge in [0, 0.05) is 30.2 Å². The van der Waals surface area contributed by atoms with Gasteiger partial charge in [0.15, 0.2) is 22.7 Å². The van der Waals surface area contributed by atoms with Gasteiger partial charge >= 0.3 is 11.9 Å². The summed E-state index contributed by atoms with van der Waals surface area (Å²) in [4.78, 5) is 49.3. The third-order valence-electron chi connectivity index (χ3n) is 5.27. The maximum atomic E-state index is 13.2. The summed E-state index contributed by atoms with van der Waals surface area (Å²) in [6.45, 7) is 9.79. The predicted octanol–water partition coefficient (Wildman–Crippen LogP) is 4.05. The lowest BCUT2D eigenvalue weighted by molar-refractivity contribution is -0.134. The lowest BCUT2D eigenvalue weighted by atomic mass is 9.76. The molecule has 0 fully saturated rings. The molecule has 2 aromatic carbocycles. The van der Waals surface area contributed by atoms with Crippen LogP contribution >= 0.6 is 0 Å². The molecule has 0 atom stereocenters. The zero-order valence-electron chi connectivity index (χ0n) is 17.9. The number of carbonyl (C=O) groups is 3. The number of hydrogen-bond acceptors (Lipinski definition) is 6. The lowest BCUT2D eigenvalue weighted by Crippen LogP contribution is -2.30. The molecular formula is C24H24O6. The molecule has 0 saturated carbocycles. The molecule has 3 rings (SSSR count). The Labute approximate surface area is 174 Å². The van der Waals surface area contributed by atoms with Gasteiger partial charge in [0.1, 0.15) is 0 Å². The van der Waals surface area contributed by atoms with Crippen molar-refractivity contribution in [1.29, 1.82) is 0 Å². The Kier molecular flexibility index (Phi) is 5.37. The maximum Gasteiger partial charge on any atom is 0.308 e. The molecule has 156 valence electrons. The molecular weight excluding hydrogens is 384 g/mol. The summed E-state index contributed by atoms with van der Waals surface area (Å²) in [5, 5.41) is 0.656. The first-order chi connectivity index (χ1) is 13.9. The number of benzene rings is 1. The number of fused-ring (bicyclic) bond motifs is 2. The van der Waals surface area contributed by atoms with Gasteiger partial charge in [-0.25, -0.2) is 0 Å². The summed E-state index contributed by atoms with van der Waals surface area (Å²) < 4.78 is 10.9. The van der Waals surface area contributed by atoms with Crippen LogP contribution in [0.1, 0.15) is 64.2 Å². The number of carbonyl (C=O) groups excluding carboxylic acids is 3. The molecule has 0 aliphatic heterocycles. The number of ether oxygens (including phenoxy) is 2. The lowest BCUT2D eigenvalue weighted by Gasteiger charge is -2.26. The molecule has 0 radical (unpaired) electrons. The topological polar surface area (TPSA) is 86.7 Å². The fourth-order valence-electron chi connectivity index (χ4n) is 3.66. The van der Waals surface area contributed by atoms with Crippen LogP contribution < -0.4 is 14.9 Å². The van der Waals surface area contributed by atoms with Gasteiger partial charge in [0.25, 0.3) is 0 Å². The van der Waals surface area contributed by atoms with E-state index in [4.69, 9.17) is 9.47 Å². The average Bonchev–Trinajstić information content (AvgIpc) is 2.76. The minimum atomic E-state index is -0.876. The first-order valence-electron chi connectivity index (χ1n) is 9.72. The number of allylic oxidation sites excluding steroid dienone is 1. The Balaban J connectivity index is 2.55. The van der Waals surface area contributed by atoms with E-state index in [0.29, 0.717) is 27.5 Å². The van der Waals surface area contributed by atoms with E-state index in [9.17, 15) is 19.2 Å². The van der Waals surface area contributed by atoms with Gasteiger partial charge in [-0.05, 0) is 55.2 Å². The number of rotatable bonds is 3. The third-order valence-corrected chi connectivity index (χ3v) is 5.27. The van der Waals surface area contributed by atoms with Gasteiger partial charge in [-0.2, -0.15) is 0 Å². The molecule has 0 N–H and O–H groups in total. The summed E-state index contributed by atoms with van der Waals surface area (Å²) in [6.07, 6.45) is 3.11. The summed E-state index contributed by atoms with van der Waals surface area (Å²) in [7, 11) is 0. The molecule has 0 bridgehead atoms. The largest absolute Gasteiger partial charge is 0.422 e. The number of hydrogen-bond donors (Lipinski definition) is 0. The van der Waals surface area contributed by atoms with E-state index in [-0.39, 0.29) is 28.6 Å². The molecule has 0 spiro atoms. The van der Waals surface area contributed by atoms with Crippen LogP contribution in [0.5, 0.6) is 11.5 Å². The Morgan fingerprint density at radius 2 is 1.47 bits per heavy atom. The van der Waals surface area contributed by atoms with E-state index < -0.39 is 17.4 Å². The van der Waals surface area contributed by atoms with Crippen LogP contribution in [0.2, 0.25) is 0 Å². The molecule has 1 aliphatic carbocycles. The minimum absolute atomic E-state index is 0.0255. The van der Waals surface area contributed by atoms with Gasteiger partial charge in [-0.3, -0.25) is 19.2 Å². The van der Waals surface area contributed by atoms with Crippen LogP contribution in [0.25, 0.3) is 16.8 Å². The molecule has 0 saturated heterocycles. The number of esters is 2. The molecule has 0 amide bonds. The van der Waals surface area contributed by atoms with Crippen molar-refractivity contribution in [2.24, 2.45) is 0 Å². The van der Waals surface area contributed by atoms with Crippen molar-refractivity contribution in [2.45, 2.75) is 52.9 Å². The quantitative estimate of drug-likeness (QED) is 0.563. The van der Waals surface area contributed by atoms with E-state index in [2.05, 4.69) is 0 Å². The van der Waals surface area contributed by atoms with Crippen LogP contribution in [0.3, 0.4) is 0 Å². The van der Waals surface area contributed by atoms with Gasteiger partial charge in [0.05, 0.1) is 5.41 Å². The Morgan fingerprint density at radius 1 is 0.867 bits per heavy atom. The Bertz CT molecular complexity index is 1180. The van der Waals surface area contributed by atoms with E-state index >= 15 is 0 Å². The fraction of sp³-hybridized carbons (Fsp3) is 0.333. The molecule has 0 aromatic heterocycles. The smallest absolute Gasteiger partial charge is 0.308 e. The molecule has 2 aromatic rings. The van der Waals surface area contributed by atoms with Crippen molar-refractivity contribution in [3.8, 4) is 11.5 Å². The SMILES string of the molecule is CC(=O)Oc1c(C(C)C)cc2c(=O)cc3c(cc2c1OC(C)=O)C=CC(=O)C3(C)C. The zero-order chi connectivity index (χ0) is 22.4. The minimum Gasteiger partial charge on any atom is -0.422 e. The highest BCUT2D eigenvalue weighted by atomic mass is 16.6. The Morgan fingerprint density at radius 3 is 2.03 bits per heavy atom. The molecule has 6 nitrogen and oxygen atoms in total. The van der Waals surface area contributed by atoms with Crippen molar-refractivity contribution in [3.63, 3.8) is 0 Å². The van der Waals surface area contributed by atoms with Crippen LogP contribution in [0.15, 0.2) is 29.1 Å². The van der Waals surface area contributed by atoms with Crippen LogP contribution in [-0.4, -0.2) is 17.7 Å². The first-order valence-corrected chi connectivity index (χ1v) is 9.72. The summed E-state index contributed by atoms with van der Waals surface area (Å²) >= 11 is 0. The molecule has 6 heteroatoms. The second-order valence-corrected chi connectivity index (χ2v) is 8.27. The summed E-state index contributed by atoms with van der Waals surface area (Å²) in [5.74, 6) is -1.25. The van der Waals surface area contributed by atoms with E-state index in [1.54, 1.807) is 32.1 Å². The van der Waals surface area contributed by atoms with Gasteiger partial charge in [0.2, 0.25) is 0 Å². The van der Waals surface area contributed by atoms with Crippen LogP contribution in [-0.2, 0) is 19.8 Å². The molecule has 30 heavy (non-hydrogen) atoms. The standard InChI is InChI=1S/C24H24O6/c1-12(2)16-10-17-18(23(30-14(4)26)22(16)29-13(3)25)9-15-7-8-21(28)24(5,6)19(15)11-20(17)27/h7-12H,1-6H3. The monoisotopic (exact) mass is 408 g/mol. The second-order valence-electron chi connectivity index (χ2n) is 8.27. The van der Waals surface area contributed by atoms with Crippen molar-refractivity contribution in [1.82, 2.24) is 0 Å². The predicted molar refractivity (Wildman–Crippen MR) is 114 cm³/mol. The van der Waals surface area contributed by atoms with Crippen LogP contribution in [0.4, 0.5) is 0 Å². The van der Waals surface area contributed by atoms with E-state index in [1.165, 1.54) is 26.0 Å². The summed E-state index contributed by atoms with van der Waals surface area (Å²) in [5.41, 5.74) is 0.629. The maximum absolute atomic E-state index is 13.2. The average molecular weight is 408 g/mol.